The largest absolute Gasteiger partial charge is 0.497 e. The van der Waals surface area contributed by atoms with Crippen LogP contribution in [0.2, 0.25) is 0 Å². The number of hydrogen-bond donors (Lipinski definition) is 2. The number of rotatable bonds is 5. The minimum absolute atomic E-state index is 0.0414. The average Bonchev–Trinajstić information content (AvgIpc) is 2.72. The molecule has 7 heteroatoms. The van der Waals surface area contributed by atoms with E-state index in [2.05, 4.69) is 26.6 Å². The molecule has 1 aliphatic heterocycles. The topological polar surface area (TPSA) is 70.7 Å². The number of methoxy groups -OCH3 is 1. The fraction of sp³-hybridized carbons (Fsp3) is 0.364. The SMILES string of the molecule is COc1cccc(CNC(=O)[C@@]2(C)CCCN(C(=O)Nc3cccc(Br)c3)C2)c1. The van der Waals surface area contributed by atoms with Crippen LogP contribution in [-0.4, -0.2) is 37.0 Å². The molecule has 29 heavy (non-hydrogen) atoms. The molecule has 0 bridgehead atoms. The van der Waals surface area contributed by atoms with Gasteiger partial charge >= 0.3 is 6.03 Å². The first-order chi connectivity index (χ1) is 13.9. The fourth-order valence-electron chi connectivity index (χ4n) is 3.55. The Morgan fingerprint density at radius 2 is 2.00 bits per heavy atom. The van der Waals surface area contributed by atoms with E-state index in [0.29, 0.717) is 19.6 Å². The lowest BCUT2D eigenvalue weighted by Crippen LogP contribution is -2.52. The molecule has 1 atom stereocenters. The van der Waals surface area contributed by atoms with Crippen LogP contribution in [0.3, 0.4) is 0 Å². The molecule has 0 unspecified atom stereocenters. The molecule has 1 saturated heterocycles. The molecule has 0 aliphatic carbocycles. The number of ether oxygens (including phenoxy) is 1. The maximum atomic E-state index is 12.9. The summed E-state index contributed by atoms with van der Waals surface area (Å²) in [5.74, 6) is 0.719. The van der Waals surface area contributed by atoms with Crippen molar-refractivity contribution in [3.8, 4) is 5.75 Å². The molecule has 2 aromatic rings. The number of piperidine rings is 1. The molecule has 154 valence electrons. The van der Waals surface area contributed by atoms with Crippen LogP contribution in [0.15, 0.2) is 53.0 Å². The van der Waals surface area contributed by atoms with Crippen LogP contribution >= 0.6 is 15.9 Å². The van der Waals surface area contributed by atoms with Crippen LogP contribution in [0.4, 0.5) is 10.5 Å². The van der Waals surface area contributed by atoms with E-state index < -0.39 is 5.41 Å². The zero-order valence-corrected chi connectivity index (χ0v) is 18.3. The van der Waals surface area contributed by atoms with Crippen molar-refractivity contribution >= 4 is 33.6 Å². The second-order valence-corrected chi connectivity index (χ2v) is 8.48. The molecule has 0 radical (unpaired) electrons. The highest BCUT2D eigenvalue weighted by Crippen LogP contribution is 2.30. The highest BCUT2D eigenvalue weighted by molar-refractivity contribution is 9.10. The smallest absolute Gasteiger partial charge is 0.321 e. The summed E-state index contributed by atoms with van der Waals surface area (Å²) in [7, 11) is 1.62. The number of halogens is 1. The Bertz CT molecular complexity index is 889. The molecule has 0 spiro atoms. The van der Waals surface area contributed by atoms with Gasteiger partial charge in [-0.2, -0.15) is 0 Å². The van der Waals surface area contributed by atoms with E-state index in [1.807, 2.05) is 55.5 Å². The van der Waals surface area contributed by atoms with Crippen molar-refractivity contribution in [3.05, 3.63) is 58.6 Å². The van der Waals surface area contributed by atoms with Crippen molar-refractivity contribution in [1.82, 2.24) is 10.2 Å². The number of carbonyl (C=O) groups excluding carboxylic acids is 2. The standard InChI is InChI=1S/C22H26BrN3O3/c1-22(20(27)24-14-16-6-3-9-19(12-16)29-2)10-5-11-26(15-22)21(28)25-18-8-4-7-17(23)13-18/h3-4,6-9,12-13H,5,10-11,14-15H2,1-2H3,(H,24,27)(H,25,28)/t22-/m0/s1. The zero-order valence-electron chi connectivity index (χ0n) is 16.7. The summed E-state index contributed by atoms with van der Waals surface area (Å²) >= 11 is 3.41. The van der Waals surface area contributed by atoms with Crippen molar-refractivity contribution in [2.75, 3.05) is 25.5 Å². The van der Waals surface area contributed by atoms with Gasteiger partial charge in [-0.15, -0.1) is 0 Å². The maximum Gasteiger partial charge on any atom is 0.321 e. The van der Waals surface area contributed by atoms with Gasteiger partial charge < -0.3 is 20.3 Å². The number of amides is 3. The van der Waals surface area contributed by atoms with Crippen molar-refractivity contribution in [2.45, 2.75) is 26.3 Å². The Labute approximate surface area is 179 Å². The Kier molecular flexibility index (Phi) is 6.79. The third-order valence-electron chi connectivity index (χ3n) is 5.19. The monoisotopic (exact) mass is 459 g/mol. The number of urea groups is 1. The lowest BCUT2D eigenvalue weighted by molar-refractivity contribution is -0.132. The molecule has 0 aromatic heterocycles. The Morgan fingerprint density at radius 3 is 2.76 bits per heavy atom. The van der Waals surface area contributed by atoms with Crippen molar-refractivity contribution in [1.29, 1.82) is 0 Å². The number of nitrogens with one attached hydrogen (secondary N) is 2. The third kappa shape index (κ3) is 5.50. The molecule has 2 aromatic carbocycles. The summed E-state index contributed by atoms with van der Waals surface area (Å²) < 4.78 is 6.13. The van der Waals surface area contributed by atoms with E-state index >= 15 is 0 Å². The van der Waals surface area contributed by atoms with Gasteiger partial charge in [0.15, 0.2) is 0 Å². The summed E-state index contributed by atoms with van der Waals surface area (Å²) in [4.78, 5) is 27.3. The van der Waals surface area contributed by atoms with Gasteiger partial charge in [0.05, 0.1) is 12.5 Å². The summed E-state index contributed by atoms with van der Waals surface area (Å²) in [5, 5.41) is 5.93. The average molecular weight is 460 g/mol. The molecule has 0 saturated carbocycles. The number of hydrogen-bond acceptors (Lipinski definition) is 3. The fourth-order valence-corrected chi connectivity index (χ4v) is 3.94. The first-order valence-corrected chi connectivity index (χ1v) is 10.4. The molecule has 1 fully saturated rings. The van der Waals surface area contributed by atoms with Gasteiger partial charge in [-0.1, -0.05) is 34.1 Å². The Balaban J connectivity index is 1.59. The quantitative estimate of drug-likeness (QED) is 0.695. The van der Waals surface area contributed by atoms with E-state index in [1.165, 1.54) is 0 Å². The predicted octanol–water partition coefficient (Wildman–Crippen LogP) is 4.41. The minimum atomic E-state index is -0.619. The molecule has 1 aliphatic rings. The first kappa shape index (κ1) is 21.2. The number of likely N-dealkylation sites (tertiary alicyclic amines) is 1. The van der Waals surface area contributed by atoms with Crippen LogP contribution in [-0.2, 0) is 11.3 Å². The van der Waals surface area contributed by atoms with Crippen molar-refractivity contribution in [2.24, 2.45) is 5.41 Å². The number of anilines is 1. The summed E-state index contributed by atoms with van der Waals surface area (Å²) in [6.07, 6.45) is 1.53. The van der Waals surface area contributed by atoms with Gasteiger partial charge in [0.2, 0.25) is 5.91 Å². The second kappa shape index (κ2) is 9.31. The Morgan fingerprint density at radius 1 is 1.21 bits per heavy atom. The molecular weight excluding hydrogens is 434 g/mol. The summed E-state index contributed by atoms with van der Waals surface area (Å²) in [6.45, 7) is 3.37. The number of nitrogens with zero attached hydrogens (tertiary/aromatic N) is 1. The van der Waals surface area contributed by atoms with Gasteiger partial charge in [0, 0.05) is 29.8 Å². The van der Waals surface area contributed by atoms with E-state index in [1.54, 1.807) is 12.0 Å². The highest BCUT2D eigenvalue weighted by Gasteiger charge is 2.39. The molecule has 3 amide bonds. The maximum absolute atomic E-state index is 12.9. The van der Waals surface area contributed by atoms with Crippen molar-refractivity contribution < 1.29 is 14.3 Å². The van der Waals surface area contributed by atoms with Crippen LogP contribution in [0, 0.1) is 5.41 Å². The van der Waals surface area contributed by atoms with Gasteiger partial charge in [0.25, 0.3) is 0 Å². The minimum Gasteiger partial charge on any atom is -0.497 e. The normalized spacial score (nSPS) is 18.8. The summed E-state index contributed by atoms with van der Waals surface area (Å²) in [5.41, 5.74) is 1.08. The molecule has 3 rings (SSSR count). The van der Waals surface area contributed by atoms with E-state index in [-0.39, 0.29) is 11.9 Å². The van der Waals surface area contributed by atoms with Crippen LogP contribution in [0.1, 0.15) is 25.3 Å². The number of carbonyl (C=O) groups is 2. The first-order valence-electron chi connectivity index (χ1n) is 9.62. The molecule has 6 nitrogen and oxygen atoms in total. The Hall–Kier alpha value is -2.54. The van der Waals surface area contributed by atoms with Gasteiger partial charge in [-0.3, -0.25) is 4.79 Å². The lowest BCUT2D eigenvalue weighted by Gasteiger charge is -2.39. The van der Waals surface area contributed by atoms with E-state index in [0.717, 1.165) is 34.3 Å². The van der Waals surface area contributed by atoms with Crippen molar-refractivity contribution in [3.63, 3.8) is 0 Å². The predicted molar refractivity (Wildman–Crippen MR) is 117 cm³/mol. The van der Waals surface area contributed by atoms with Gasteiger partial charge in [-0.05, 0) is 55.7 Å². The molecular formula is C22H26BrN3O3. The van der Waals surface area contributed by atoms with Crippen LogP contribution in [0.5, 0.6) is 5.75 Å². The van der Waals surface area contributed by atoms with Gasteiger partial charge in [-0.25, -0.2) is 4.79 Å². The lowest BCUT2D eigenvalue weighted by atomic mass is 9.81. The second-order valence-electron chi connectivity index (χ2n) is 7.56. The van der Waals surface area contributed by atoms with E-state index in [9.17, 15) is 9.59 Å². The summed E-state index contributed by atoms with van der Waals surface area (Å²) in [6, 6.07) is 14.9. The van der Waals surface area contributed by atoms with Crippen LogP contribution < -0.4 is 15.4 Å². The number of benzene rings is 2. The zero-order chi connectivity index (χ0) is 20.9. The van der Waals surface area contributed by atoms with Gasteiger partial charge in [0.1, 0.15) is 5.75 Å². The molecule has 2 N–H and O–H groups in total. The molecule has 1 heterocycles. The third-order valence-corrected chi connectivity index (χ3v) is 5.69. The van der Waals surface area contributed by atoms with E-state index in [4.69, 9.17) is 4.74 Å². The highest BCUT2D eigenvalue weighted by atomic mass is 79.9. The van der Waals surface area contributed by atoms with Crippen LogP contribution in [0.25, 0.3) is 0 Å².